The van der Waals surface area contributed by atoms with E-state index in [0.29, 0.717) is 12.6 Å². The highest BCUT2D eigenvalue weighted by Gasteiger charge is 2.09. The highest BCUT2D eigenvalue weighted by molar-refractivity contribution is 5.63. The summed E-state index contributed by atoms with van der Waals surface area (Å²) in [5.74, 6) is 2.11. The van der Waals surface area contributed by atoms with E-state index < -0.39 is 0 Å². The molecule has 134 valence electrons. The minimum Gasteiger partial charge on any atom is -0.492 e. The Morgan fingerprint density at radius 3 is 2.50 bits per heavy atom. The molecule has 1 heterocycles. The number of nitrogens with zero attached hydrogens (tertiary/aromatic N) is 2. The Bertz CT molecular complexity index is 852. The zero-order chi connectivity index (χ0) is 18.4. The number of aromatic nitrogens is 2. The molecule has 5 heteroatoms. The molecule has 2 aromatic carbocycles. The van der Waals surface area contributed by atoms with Crippen molar-refractivity contribution in [2.24, 2.45) is 0 Å². The second-order valence-corrected chi connectivity index (χ2v) is 6.05. The second kappa shape index (κ2) is 8.34. The Morgan fingerprint density at radius 1 is 1.00 bits per heavy atom. The van der Waals surface area contributed by atoms with Crippen molar-refractivity contribution < 1.29 is 4.74 Å². The maximum Gasteiger partial charge on any atom is 0.229 e. The molecule has 0 saturated heterocycles. The predicted octanol–water partition coefficient (Wildman–Crippen LogP) is 5.10. The van der Waals surface area contributed by atoms with Crippen LogP contribution >= 0.6 is 0 Å². The molecule has 1 aromatic heterocycles. The fourth-order valence-corrected chi connectivity index (χ4v) is 2.72. The van der Waals surface area contributed by atoms with Gasteiger partial charge < -0.3 is 15.4 Å². The molecule has 3 rings (SSSR count). The first-order chi connectivity index (χ1) is 12.7. The quantitative estimate of drug-likeness (QED) is 0.622. The van der Waals surface area contributed by atoms with Crippen molar-refractivity contribution in [1.29, 1.82) is 0 Å². The Morgan fingerprint density at radius 2 is 1.73 bits per heavy atom. The molecule has 5 nitrogen and oxygen atoms in total. The Balaban J connectivity index is 1.80. The fraction of sp³-hybridized carbons (Fsp3) is 0.238. The third-order valence-electron chi connectivity index (χ3n) is 3.95. The molecular formula is C21H24N4O. The van der Waals surface area contributed by atoms with E-state index in [9.17, 15) is 0 Å². The maximum atomic E-state index is 5.66. The molecule has 0 radical (unpaired) electrons. The van der Waals surface area contributed by atoms with Crippen LogP contribution in [0.5, 0.6) is 5.75 Å². The molecule has 0 saturated carbocycles. The maximum absolute atomic E-state index is 5.66. The summed E-state index contributed by atoms with van der Waals surface area (Å²) in [6, 6.07) is 20.2. The van der Waals surface area contributed by atoms with Gasteiger partial charge in [0, 0.05) is 17.8 Å². The molecule has 0 fully saturated rings. The van der Waals surface area contributed by atoms with Gasteiger partial charge in [0.25, 0.3) is 0 Å². The predicted molar refractivity (Wildman–Crippen MR) is 106 cm³/mol. The molecule has 3 aromatic rings. The van der Waals surface area contributed by atoms with E-state index in [2.05, 4.69) is 39.7 Å². The summed E-state index contributed by atoms with van der Waals surface area (Å²) in [5.41, 5.74) is 2.95. The second-order valence-electron chi connectivity index (χ2n) is 6.05. The lowest BCUT2D eigenvalue weighted by Crippen LogP contribution is -2.10. The van der Waals surface area contributed by atoms with Crippen LogP contribution in [-0.4, -0.2) is 16.6 Å². The molecule has 0 aliphatic carbocycles. The summed E-state index contributed by atoms with van der Waals surface area (Å²) in [5, 5.41) is 6.71. The third kappa shape index (κ3) is 4.51. The molecule has 0 bridgehead atoms. The van der Waals surface area contributed by atoms with Crippen molar-refractivity contribution in [1.82, 2.24) is 9.97 Å². The van der Waals surface area contributed by atoms with E-state index in [1.807, 2.05) is 62.4 Å². The lowest BCUT2D eigenvalue weighted by molar-refractivity contribution is 0.342. The van der Waals surface area contributed by atoms with Gasteiger partial charge in [-0.3, -0.25) is 0 Å². The minimum absolute atomic E-state index is 0.147. The number of para-hydroxylation sites is 2. The van der Waals surface area contributed by atoms with Gasteiger partial charge in [0.15, 0.2) is 0 Å². The van der Waals surface area contributed by atoms with Crippen molar-refractivity contribution in [3.05, 3.63) is 71.9 Å². The van der Waals surface area contributed by atoms with Gasteiger partial charge in [0.2, 0.25) is 5.95 Å². The summed E-state index contributed by atoms with van der Waals surface area (Å²) in [6.45, 7) is 6.64. The number of anilines is 3. The average molecular weight is 348 g/mol. The SMILES string of the molecule is CCOc1ccccc1Nc1nc(C)cc(NC(C)c2ccccc2)n1. The highest BCUT2D eigenvalue weighted by Crippen LogP contribution is 2.27. The number of nitrogens with one attached hydrogen (secondary N) is 2. The normalized spacial score (nSPS) is 11.7. The van der Waals surface area contributed by atoms with Crippen molar-refractivity contribution in [3.63, 3.8) is 0 Å². The molecule has 2 N–H and O–H groups in total. The van der Waals surface area contributed by atoms with Gasteiger partial charge in [-0.2, -0.15) is 4.98 Å². The van der Waals surface area contributed by atoms with E-state index in [0.717, 1.165) is 22.9 Å². The lowest BCUT2D eigenvalue weighted by atomic mass is 10.1. The van der Waals surface area contributed by atoms with Gasteiger partial charge in [-0.1, -0.05) is 42.5 Å². The van der Waals surface area contributed by atoms with E-state index in [1.54, 1.807) is 0 Å². The monoisotopic (exact) mass is 348 g/mol. The molecule has 0 spiro atoms. The lowest BCUT2D eigenvalue weighted by Gasteiger charge is -2.16. The van der Waals surface area contributed by atoms with E-state index >= 15 is 0 Å². The Hall–Kier alpha value is -3.08. The molecular weight excluding hydrogens is 324 g/mol. The van der Waals surface area contributed by atoms with Crippen LogP contribution in [0.15, 0.2) is 60.7 Å². The van der Waals surface area contributed by atoms with Gasteiger partial charge in [-0.15, -0.1) is 0 Å². The summed E-state index contributed by atoms with van der Waals surface area (Å²) in [7, 11) is 0. The van der Waals surface area contributed by atoms with E-state index in [-0.39, 0.29) is 6.04 Å². The van der Waals surface area contributed by atoms with Gasteiger partial charge in [0.1, 0.15) is 11.6 Å². The van der Waals surface area contributed by atoms with Crippen LogP contribution in [0.4, 0.5) is 17.5 Å². The molecule has 26 heavy (non-hydrogen) atoms. The number of rotatable bonds is 7. The summed E-state index contributed by atoms with van der Waals surface area (Å²) in [4.78, 5) is 9.10. The van der Waals surface area contributed by atoms with Crippen molar-refractivity contribution in [2.45, 2.75) is 26.8 Å². The first-order valence-corrected chi connectivity index (χ1v) is 8.81. The standard InChI is InChI=1S/C21H24N4O/c1-4-26-19-13-9-8-12-18(19)24-21-22-15(2)14-20(25-21)23-16(3)17-10-6-5-7-11-17/h5-14,16H,4H2,1-3H3,(H2,22,23,24,25). The van der Waals surface area contributed by atoms with Crippen molar-refractivity contribution >= 4 is 17.5 Å². The van der Waals surface area contributed by atoms with Crippen LogP contribution in [0, 0.1) is 6.92 Å². The largest absolute Gasteiger partial charge is 0.492 e. The van der Waals surface area contributed by atoms with Crippen molar-refractivity contribution in [3.8, 4) is 5.75 Å². The van der Waals surface area contributed by atoms with Gasteiger partial charge in [0.05, 0.1) is 12.3 Å². The Labute approximate surface area is 154 Å². The smallest absolute Gasteiger partial charge is 0.229 e. The first kappa shape index (κ1) is 17.7. The van der Waals surface area contributed by atoms with Crippen LogP contribution in [0.3, 0.4) is 0 Å². The molecule has 0 amide bonds. The van der Waals surface area contributed by atoms with Crippen LogP contribution in [-0.2, 0) is 0 Å². The topological polar surface area (TPSA) is 59.1 Å². The van der Waals surface area contributed by atoms with Crippen LogP contribution in [0.2, 0.25) is 0 Å². The summed E-state index contributed by atoms with van der Waals surface area (Å²) < 4.78 is 5.66. The first-order valence-electron chi connectivity index (χ1n) is 8.81. The molecule has 1 unspecified atom stereocenters. The number of hydrogen-bond acceptors (Lipinski definition) is 5. The number of benzene rings is 2. The third-order valence-corrected chi connectivity index (χ3v) is 3.95. The molecule has 0 aliphatic heterocycles. The fourth-order valence-electron chi connectivity index (χ4n) is 2.72. The van der Waals surface area contributed by atoms with E-state index in [1.165, 1.54) is 5.56 Å². The van der Waals surface area contributed by atoms with Gasteiger partial charge in [-0.25, -0.2) is 4.98 Å². The van der Waals surface area contributed by atoms with Crippen LogP contribution in [0.25, 0.3) is 0 Å². The highest BCUT2D eigenvalue weighted by atomic mass is 16.5. The van der Waals surface area contributed by atoms with Crippen LogP contribution < -0.4 is 15.4 Å². The van der Waals surface area contributed by atoms with Gasteiger partial charge >= 0.3 is 0 Å². The zero-order valence-electron chi connectivity index (χ0n) is 15.4. The average Bonchev–Trinajstić information content (AvgIpc) is 2.64. The van der Waals surface area contributed by atoms with Crippen LogP contribution in [0.1, 0.15) is 31.1 Å². The number of aryl methyl sites for hydroxylation is 1. The summed E-state index contributed by atoms with van der Waals surface area (Å²) >= 11 is 0. The zero-order valence-corrected chi connectivity index (χ0v) is 15.4. The number of hydrogen-bond donors (Lipinski definition) is 2. The van der Waals surface area contributed by atoms with Gasteiger partial charge in [-0.05, 0) is 38.5 Å². The van der Waals surface area contributed by atoms with Crippen molar-refractivity contribution in [2.75, 3.05) is 17.2 Å². The molecule has 1 atom stereocenters. The summed E-state index contributed by atoms with van der Waals surface area (Å²) in [6.07, 6.45) is 0. The minimum atomic E-state index is 0.147. The number of ether oxygens (including phenoxy) is 1. The molecule has 0 aliphatic rings. The van der Waals surface area contributed by atoms with E-state index in [4.69, 9.17) is 4.74 Å². The Kier molecular flexibility index (Phi) is 5.69.